The summed E-state index contributed by atoms with van der Waals surface area (Å²) < 4.78 is 79.0. The summed E-state index contributed by atoms with van der Waals surface area (Å²) in [6.45, 7) is 8.75. The minimum atomic E-state index is -4.35. The molecule has 3 aromatic carbocycles. The van der Waals surface area contributed by atoms with Gasteiger partial charge in [0.15, 0.2) is 5.82 Å². The Morgan fingerprint density at radius 3 is 2.50 bits per heavy atom. The highest BCUT2D eigenvalue weighted by molar-refractivity contribution is 7.90. The number of unbranched alkanes of at least 4 members (excludes halogenated alkanes) is 1. The summed E-state index contributed by atoms with van der Waals surface area (Å²) in [6, 6.07) is 16.4. The first-order chi connectivity index (χ1) is 30.8. The number of anilines is 2. The molecular formula is C46H47F3N8O6S. The molecule has 3 saturated heterocycles. The number of piperazine rings is 1. The van der Waals surface area contributed by atoms with Crippen LogP contribution in [0.25, 0.3) is 22.2 Å². The van der Waals surface area contributed by atoms with Gasteiger partial charge in [-0.2, -0.15) is 12.7 Å². The number of pyridine rings is 1. The molecule has 14 nitrogen and oxygen atoms in total. The van der Waals surface area contributed by atoms with Gasteiger partial charge in [-0.05, 0) is 98.3 Å². The molecule has 0 spiro atoms. The van der Waals surface area contributed by atoms with Crippen LogP contribution >= 0.6 is 0 Å². The normalized spacial score (nSPS) is 19.6. The molecule has 5 aromatic rings. The number of ether oxygens (including phenoxy) is 1. The summed E-state index contributed by atoms with van der Waals surface area (Å²) in [5.41, 5.74) is 3.44. The van der Waals surface area contributed by atoms with E-state index in [1.165, 1.54) is 6.20 Å². The van der Waals surface area contributed by atoms with E-state index in [1.54, 1.807) is 23.2 Å². The molecule has 0 aliphatic carbocycles. The first kappa shape index (κ1) is 43.0. The van der Waals surface area contributed by atoms with E-state index >= 15 is 8.78 Å². The topological polar surface area (TPSA) is 160 Å². The van der Waals surface area contributed by atoms with Crippen LogP contribution < -0.4 is 19.7 Å². The average molecular weight is 897 g/mol. The van der Waals surface area contributed by atoms with Crippen LogP contribution in [0.5, 0.6) is 5.75 Å². The van der Waals surface area contributed by atoms with Crippen molar-refractivity contribution in [3.05, 3.63) is 119 Å². The molecule has 9 rings (SSSR count). The lowest BCUT2D eigenvalue weighted by Crippen LogP contribution is -2.49. The average Bonchev–Trinajstić information content (AvgIpc) is 4.01. The highest BCUT2D eigenvalue weighted by atomic mass is 32.2. The molecule has 0 radical (unpaired) electrons. The maximum atomic E-state index is 15.7. The third-order valence-electron chi connectivity index (χ3n) is 12.4. The predicted octanol–water partition coefficient (Wildman–Crippen LogP) is 6.17. The number of fused-ring (bicyclic) bond motifs is 2. The molecule has 0 saturated carbocycles. The smallest absolute Gasteiger partial charge is 0.301 e. The van der Waals surface area contributed by atoms with Gasteiger partial charge in [0.1, 0.15) is 29.4 Å². The summed E-state index contributed by atoms with van der Waals surface area (Å²) in [7, 11) is -4.35. The van der Waals surface area contributed by atoms with Gasteiger partial charge in [0.05, 0.1) is 17.9 Å². The molecule has 0 bridgehead atoms. The number of rotatable bonds is 14. The van der Waals surface area contributed by atoms with Crippen LogP contribution in [0.2, 0.25) is 0 Å². The molecule has 3 N–H and O–H groups in total. The minimum Gasteiger partial charge on any atom is -0.494 e. The zero-order valence-corrected chi connectivity index (χ0v) is 35.7. The third kappa shape index (κ3) is 8.68. The summed E-state index contributed by atoms with van der Waals surface area (Å²) in [6.07, 6.45) is 4.68. The Labute approximate surface area is 368 Å². The highest BCUT2D eigenvalue weighted by Gasteiger charge is 2.38. The van der Waals surface area contributed by atoms with Crippen molar-refractivity contribution in [3.8, 4) is 16.9 Å². The number of nitrogens with one attached hydrogen (secondary N) is 3. The second-order valence-corrected chi connectivity index (χ2v) is 18.3. The number of allylic oxidation sites excluding steroid dienone is 1. The lowest BCUT2D eigenvalue weighted by atomic mass is 9.99. The van der Waals surface area contributed by atoms with Gasteiger partial charge in [0.2, 0.25) is 11.7 Å². The van der Waals surface area contributed by atoms with E-state index in [0.717, 1.165) is 78.8 Å². The van der Waals surface area contributed by atoms with Gasteiger partial charge in [0, 0.05) is 91.7 Å². The lowest BCUT2D eigenvalue weighted by Gasteiger charge is -2.36. The molecule has 2 amide bonds. The molecule has 334 valence electrons. The molecule has 2 aromatic heterocycles. The van der Waals surface area contributed by atoms with Crippen LogP contribution in [-0.2, 0) is 21.5 Å². The Balaban J connectivity index is 0.759. The number of halogens is 3. The van der Waals surface area contributed by atoms with Gasteiger partial charge in [-0.25, -0.2) is 18.2 Å². The van der Waals surface area contributed by atoms with Crippen molar-refractivity contribution in [2.24, 2.45) is 0 Å². The second-order valence-electron chi connectivity index (χ2n) is 16.6. The quantitative estimate of drug-likeness (QED) is 0.0876. The Hall–Kier alpha value is -6.24. The first-order valence-electron chi connectivity index (χ1n) is 21.4. The number of carbonyl (C=O) groups is 3. The summed E-state index contributed by atoms with van der Waals surface area (Å²) in [5.74, 6) is -3.16. The number of H-pyrrole nitrogens is 1. The SMILES string of the molecule is C=C1CCC(N2Cc3cc(OCCCCN4CCN(c5ccc(-c6cnc7[nH]cc(C(=O)c8c(F)ccc(NS(=O)(=O)N9CC[C@@H](F)C9)c8F)c7c6)cc5)CC4)ccc3C2=O)C(=O)N1. The van der Waals surface area contributed by atoms with Gasteiger partial charge in [-0.15, -0.1) is 0 Å². The number of hydrogen-bond acceptors (Lipinski definition) is 9. The van der Waals surface area contributed by atoms with E-state index in [2.05, 4.69) is 31.7 Å². The number of aromatic amines is 1. The molecule has 3 fully saturated rings. The van der Waals surface area contributed by atoms with Crippen molar-refractivity contribution in [2.75, 3.05) is 62.0 Å². The number of piperidine rings is 1. The van der Waals surface area contributed by atoms with E-state index in [4.69, 9.17) is 4.74 Å². The standard InChI is InChI=1S/C46H47F3N8O6S/c1-28-4-13-40(45(59)52-28)57-26-31-22-34(9-10-35(31)46(57)60)63-21-3-2-15-54-17-19-55(20-18-54)33-7-5-29(6-8-33)30-23-36-37(25-51-44(36)50-24-30)43(58)41-38(48)11-12-39(42(41)49)53-64(61,62)56-16-14-32(47)27-56/h5-12,22-25,32,40,53H,1-4,13-21,26-27H2,(H,50,51)(H,52,59)/t32-,40?/m1/s1. The van der Waals surface area contributed by atoms with E-state index in [9.17, 15) is 27.2 Å². The van der Waals surface area contributed by atoms with E-state index in [-0.39, 0.29) is 36.9 Å². The van der Waals surface area contributed by atoms with Crippen LogP contribution in [0.1, 0.15) is 63.9 Å². The van der Waals surface area contributed by atoms with E-state index in [0.29, 0.717) is 59.6 Å². The number of benzene rings is 3. The van der Waals surface area contributed by atoms with Gasteiger partial charge in [0.25, 0.3) is 5.91 Å². The summed E-state index contributed by atoms with van der Waals surface area (Å²) in [4.78, 5) is 53.0. The number of alkyl halides is 1. The number of hydrogen-bond donors (Lipinski definition) is 3. The van der Waals surface area contributed by atoms with Crippen LogP contribution in [0, 0.1) is 11.6 Å². The Bertz CT molecular complexity index is 2760. The number of aromatic nitrogens is 2. The number of ketones is 1. The second kappa shape index (κ2) is 17.7. The fourth-order valence-corrected chi connectivity index (χ4v) is 10.1. The van der Waals surface area contributed by atoms with Crippen molar-refractivity contribution in [2.45, 2.75) is 50.9 Å². The molecular weight excluding hydrogens is 850 g/mol. The number of nitrogens with zero attached hydrogens (tertiary/aromatic N) is 5. The van der Waals surface area contributed by atoms with Crippen molar-refractivity contribution in [3.63, 3.8) is 0 Å². The third-order valence-corrected chi connectivity index (χ3v) is 13.9. The molecule has 64 heavy (non-hydrogen) atoms. The Morgan fingerprint density at radius 1 is 0.953 bits per heavy atom. The maximum absolute atomic E-state index is 15.7. The molecule has 6 heterocycles. The minimum absolute atomic E-state index is 0.00399. The monoisotopic (exact) mass is 896 g/mol. The Kier molecular flexibility index (Phi) is 11.9. The van der Waals surface area contributed by atoms with Gasteiger partial charge in [-0.3, -0.25) is 24.0 Å². The molecule has 2 atom stereocenters. The van der Waals surface area contributed by atoms with E-state index < -0.39 is 51.1 Å². The lowest BCUT2D eigenvalue weighted by molar-refractivity contribution is -0.126. The zero-order chi connectivity index (χ0) is 44.7. The molecule has 4 aliphatic rings. The molecule has 4 aliphatic heterocycles. The van der Waals surface area contributed by atoms with Crippen molar-refractivity contribution < 1.29 is 40.7 Å². The van der Waals surface area contributed by atoms with Crippen LogP contribution in [0.4, 0.5) is 24.5 Å². The predicted molar refractivity (Wildman–Crippen MR) is 235 cm³/mol. The van der Waals surface area contributed by atoms with Crippen molar-refractivity contribution >= 4 is 50.2 Å². The summed E-state index contributed by atoms with van der Waals surface area (Å²) in [5, 5.41) is 3.10. The first-order valence-corrected chi connectivity index (χ1v) is 22.8. The van der Waals surface area contributed by atoms with Gasteiger partial charge >= 0.3 is 10.2 Å². The maximum Gasteiger partial charge on any atom is 0.301 e. The van der Waals surface area contributed by atoms with Crippen LogP contribution in [0.3, 0.4) is 0 Å². The zero-order valence-electron chi connectivity index (χ0n) is 34.9. The fourth-order valence-electron chi connectivity index (χ4n) is 8.88. The number of carbonyl (C=O) groups excluding carboxylic acids is 3. The molecule has 1 unspecified atom stereocenters. The van der Waals surface area contributed by atoms with E-state index in [1.807, 2.05) is 41.1 Å². The fraction of sp³-hybridized carbons (Fsp3) is 0.348. The Morgan fingerprint density at radius 2 is 1.75 bits per heavy atom. The number of amides is 2. The van der Waals surface area contributed by atoms with Crippen molar-refractivity contribution in [1.29, 1.82) is 0 Å². The molecule has 18 heteroatoms. The summed E-state index contributed by atoms with van der Waals surface area (Å²) >= 11 is 0. The van der Waals surface area contributed by atoms with Crippen molar-refractivity contribution in [1.82, 2.24) is 29.4 Å². The largest absolute Gasteiger partial charge is 0.494 e. The van der Waals surface area contributed by atoms with Gasteiger partial charge in [-0.1, -0.05) is 18.7 Å². The van der Waals surface area contributed by atoms with Gasteiger partial charge < -0.3 is 24.8 Å². The van der Waals surface area contributed by atoms with Crippen LogP contribution in [0.15, 0.2) is 85.3 Å². The van der Waals surface area contributed by atoms with Crippen LogP contribution in [-0.4, -0.2) is 115 Å². The highest BCUT2D eigenvalue weighted by Crippen LogP contribution is 2.33.